The normalized spacial score (nSPS) is 10.9. The summed E-state index contributed by atoms with van der Waals surface area (Å²) < 4.78 is 13.0. The number of benzene rings is 2. The fraction of sp³-hybridized carbons (Fsp3) is 0.360. The van der Waals surface area contributed by atoms with Crippen molar-refractivity contribution >= 4 is 11.7 Å². The Morgan fingerprint density at radius 1 is 1.12 bits per heavy atom. The van der Waals surface area contributed by atoms with Gasteiger partial charge in [0, 0.05) is 31.5 Å². The molecule has 7 heteroatoms. The number of imidazole rings is 1. The van der Waals surface area contributed by atoms with Crippen molar-refractivity contribution in [3.05, 3.63) is 65.2 Å². The van der Waals surface area contributed by atoms with Crippen LogP contribution >= 0.6 is 0 Å². The number of ether oxygens (including phenoxy) is 2. The Hall–Kier alpha value is -3.48. The molecule has 0 radical (unpaired) electrons. The summed E-state index contributed by atoms with van der Waals surface area (Å²) in [6.45, 7) is 8.73. The average Bonchev–Trinajstić information content (AvgIpc) is 3.20. The summed E-state index contributed by atoms with van der Waals surface area (Å²) in [5.74, 6) is 1.86. The third-order valence-electron chi connectivity index (χ3n) is 5.49. The summed E-state index contributed by atoms with van der Waals surface area (Å²) in [5.41, 5.74) is 5.75. The van der Waals surface area contributed by atoms with Gasteiger partial charge in [-0.15, -0.1) is 0 Å². The first-order valence-electron chi connectivity index (χ1n) is 10.6. The Bertz CT molecular complexity index is 1100. The van der Waals surface area contributed by atoms with Crippen LogP contribution in [0.25, 0.3) is 5.69 Å². The van der Waals surface area contributed by atoms with Gasteiger partial charge in [-0.2, -0.15) is 0 Å². The van der Waals surface area contributed by atoms with Crippen LogP contribution in [0.5, 0.6) is 11.5 Å². The predicted molar refractivity (Wildman–Crippen MR) is 127 cm³/mol. The van der Waals surface area contributed by atoms with E-state index in [0.29, 0.717) is 23.9 Å². The number of aryl methyl sites for hydroxylation is 2. The van der Waals surface area contributed by atoms with Crippen molar-refractivity contribution in [3.63, 3.8) is 0 Å². The van der Waals surface area contributed by atoms with Crippen LogP contribution < -0.4 is 14.8 Å². The molecular weight excluding hydrogens is 404 g/mol. The van der Waals surface area contributed by atoms with Gasteiger partial charge >= 0.3 is 6.03 Å². The summed E-state index contributed by atoms with van der Waals surface area (Å²) in [4.78, 5) is 18.8. The first kappa shape index (κ1) is 23.2. The van der Waals surface area contributed by atoms with E-state index < -0.39 is 0 Å². The maximum atomic E-state index is 12.9. The molecule has 2 amide bonds. The van der Waals surface area contributed by atoms with E-state index in [9.17, 15) is 4.79 Å². The van der Waals surface area contributed by atoms with Crippen LogP contribution in [0.3, 0.4) is 0 Å². The highest BCUT2D eigenvalue weighted by Crippen LogP contribution is 2.30. The molecule has 1 aromatic heterocycles. The molecule has 2 aromatic carbocycles. The van der Waals surface area contributed by atoms with Gasteiger partial charge in [0.2, 0.25) is 0 Å². The molecule has 0 fully saturated rings. The molecule has 0 atom stereocenters. The molecule has 0 bridgehead atoms. The molecule has 0 aliphatic heterocycles. The second-order valence-corrected chi connectivity index (χ2v) is 8.27. The van der Waals surface area contributed by atoms with Crippen LogP contribution in [-0.4, -0.2) is 41.7 Å². The largest absolute Gasteiger partial charge is 0.496 e. The van der Waals surface area contributed by atoms with E-state index >= 15 is 0 Å². The van der Waals surface area contributed by atoms with Crippen molar-refractivity contribution in [2.45, 2.75) is 40.2 Å². The van der Waals surface area contributed by atoms with Gasteiger partial charge in [-0.25, -0.2) is 9.78 Å². The molecule has 0 aliphatic carbocycles. The number of amides is 2. The Balaban J connectivity index is 1.75. The Morgan fingerprint density at radius 2 is 1.84 bits per heavy atom. The highest BCUT2D eigenvalue weighted by atomic mass is 16.5. The molecule has 32 heavy (non-hydrogen) atoms. The second-order valence-electron chi connectivity index (χ2n) is 8.27. The number of anilines is 1. The van der Waals surface area contributed by atoms with Crippen molar-refractivity contribution in [3.8, 4) is 17.2 Å². The Morgan fingerprint density at radius 3 is 2.44 bits per heavy atom. The lowest BCUT2D eigenvalue weighted by Crippen LogP contribution is -2.31. The van der Waals surface area contributed by atoms with Crippen LogP contribution in [0, 0.1) is 13.8 Å². The minimum absolute atomic E-state index is 0.195. The zero-order valence-electron chi connectivity index (χ0n) is 19.9. The zero-order valence-corrected chi connectivity index (χ0v) is 19.9. The van der Waals surface area contributed by atoms with E-state index in [1.165, 1.54) is 0 Å². The molecule has 1 N–H and O–H groups in total. The van der Waals surface area contributed by atoms with Gasteiger partial charge in [-0.3, -0.25) is 0 Å². The molecule has 0 saturated heterocycles. The SMILES string of the molecule is COc1cc(C)c(CN(C)C(=O)Nc2ccc(-n3cnc(C)c3)c(OC)c2)cc1C(C)C. The Kier molecular flexibility index (Phi) is 7.08. The van der Waals surface area contributed by atoms with Crippen LogP contribution in [-0.2, 0) is 6.54 Å². The van der Waals surface area contributed by atoms with Crippen molar-refractivity contribution in [2.75, 3.05) is 26.6 Å². The minimum Gasteiger partial charge on any atom is -0.496 e. The fourth-order valence-corrected chi connectivity index (χ4v) is 3.61. The number of nitrogens with zero attached hydrogens (tertiary/aromatic N) is 3. The van der Waals surface area contributed by atoms with Gasteiger partial charge in [0.1, 0.15) is 11.5 Å². The van der Waals surface area contributed by atoms with Crippen molar-refractivity contribution in [2.24, 2.45) is 0 Å². The number of hydrogen-bond donors (Lipinski definition) is 1. The van der Waals surface area contributed by atoms with E-state index in [-0.39, 0.29) is 6.03 Å². The summed E-state index contributed by atoms with van der Waals surface area (Å²) in [5, 5.41) is 2.96. The van der Waals surface area contributed by atoms with Gasteiger partial charge < -0.3 is 24.3 Å². The molecule has 3 aromatic rings. The third kappa shape index (κ3) is 5.04. The molecule has 3 rings (SSSR count). The van der Waals surface area contributed by atoms with Crippen LogP contribution in [0.15, 0.2) is 42.9 Å². The molecule has 0 saturated carbocycles. The highest BCUT2D eigenvalue weighted by molar-refractivity contribution is 5.89. The van der Waals surface area contributed by atoms with E-state index in [4.69, 9.17) is 9.47 Å². The predicted octanol–water partition coefficient (Wildman–Crippen LogP) is 5.29. The van der Waals surface area contributed by atoms with Gasteiger partial charge in [0.15, 0.2) is 0 Å². The number of nitrogens with one attached hydrogen (secondary N) is 1. The number of methoxy groups -OCH3 is 2. The summed E-state index contributed by atoms with van der Waals surface area (Å²) in [7, 11) is 5.08. The van der Waals surface area contributed by atoms with E-state index in [1.54, 1.807) is 32.5 Å². The molecule has 0 spiro atoms. The highest BCUT2D eigenvalue weighted by Gasteiger charge is 2.16. The minimum atomic E-state index is -0.195. The van der Waals surface area contributed by atoms with E-state index in [2.05, 4.69) is 30.2 Å². The molecule has 7 nitrogen and oxygen atoms in total. The van der Waals surface area contributed by atoms with Crippen LogP contribution in [0.1, 0.15) is 42.1 Å². The zero-order chi connectivity index (χ0) is 23.4. The third-order valence-corrected chi connectivity index (χ3v) is 5.49. The summed E-state index contributed by atoms with van der Waals surface area (Å²) in [6, 6.07) is 9.55. The quantitative estimate of drug-likeness (QED) is 0.546. The average molecular weight is 437 g/mol. The van der Waals surface area contributed by atoms with Crippen molar-refractivity contribution < 1.29 is 14.3 Å². The first-order valence-corrected chi connectivity index (χ1v) is 10.6. The van der Waals surface area contributed by atoms with Gasteiger partial charge in [0.05, 0.1) is 31.9 Å². The van der Waals surface area contributed by atoms with E-state index in [0.717, 1.165) is 33.8 Å². The standard InChI is InChI=1S/C25H32N4O3/c1-16(2)21-11-19(17(3)10-23(21)31-6)14-28(5)25(30)27-20-8-9-22(24(12-20)32-7)29-13-18(4)26-15-29/h8-13,15-16H,14H2,1-7H3,(H,27,30). The van der Waals surface area contributed by atoms with Gasteiger partial charge in [0.25, 0.3) is 0 Å². The lowest BCUT2D eigenvalue weighted by Gasteiger charge is -2.22. The van der Waals surface area contributed by atoms with Crippen molar-refractivity contribution in [1.82, 2.24) is 14.5 Å². The van der Waals surface area contributed by atoms with Crippen LogP contribution in [0.2, 0.25) is 0 Å². The fourth-order valence-electron chi connectivity index (χ4n) is 3.61. The monoisotopic (exact) mass is 436 g/mol. The lowest BCUT2D eigenvalue weighted by molar-refractivity contribution is 0.220. The molecule has 0 unspecified atom stereocenters. The Labute approximate surface area is 190 Å². The van der Waals surface area contributed by atoms with Crippen LogP contribution in [0.4, 0.5) is 10.5 Å². The first-order chi connectivity index (χ1) is 15.2. The number of aromatic nitrogens is 2. The van der Waals surface area contributed by atoms with E-state index in [1.807, 2.05) is 48.9 Å². The number of carbonyl (C=O) groups excluding carboxylic acids is 1. The number of hydrogen-bond acceptors (Lipinski definition) is 4. The second kappa shape index (κ2) is 9.77. The maximum absolute atomic E-state index is 12.9. The summed E-state index contributed by atoms with van der Waals surface area (Å²) in [6.07, 6.45) is 3.66. The maximum Gasteiger partial charge on any atom is 0.321 e. The number of rotatable bonds is 7. The molecular formula is C25H32N4O3. The number of urea groups is 1. The van der Waals surface area contributed by atoms with Gasteiger partial charge in [-0.05, 0) is 60.7 Å². The summed E-state index contributed by atoms with van der Waals surface area (Å²) >= 11 is 0. The number of carbonyl (C=O) groups is 1. The smallest absolute Gasteiger partial charge is 0.321 e. The van der Waals surface area contributed by atoms with Gasteiger partial charge in [-0.1, -0.05) is 13.8 Å². The topological polar surface area (TPSA) is 68.6 Å². The molecule has 0 aliphatic rings. The molecule has 1 heterocycles. The molecule has 170 valence electrons. The lowest BCUT2D eigenvalue weighted by atomic mass is 9.96. The van der Waals surface area contributed by atoms with Crippen molar-refractivity contribution in [1.29, 1.82) is 0 Å².